The Morgan fingerprint density at radius 3 is 2.88 bits per heavy atom. The number of aliphatic imine (C=N–C) groups is 1. The van der Waals surface area contributed by atoms with Crippen molar-refractivity contribution in [3.8, 4) is 0 Å². The van der Waals surface area contributed by atoms with Gasteiger partial charge in [-0.05, 0) is 48.4 Å². The van der Waals surface area contributed by atoms with Gasteiger partial charge in [-0.2, -0.15) is 0 Å². The maximum atomic E-state index is 4.32. The third-order valence-electron chi connectivity index (χ3n) is 4.46. The minimum atomic E-state index is 0.444. The third kappa shape index (κ3) is 4.35. The molecule has 0 aromatic carbocycles. The fourth-order valence-corrected chi connectivity index (χ4v) is 4.23. The Hall–Kier alpha value is -1.88. The molecule has 2 heterocycles. The number of fused-ring (bicyclic) bond motifs is 1. The highest BCUT2D eigenvalue weighted by Gasteiger charge is 2.26. The summed E-state index contributed by atoms with van der Waals surface area (Å²) in [5.41, 5.74) is 3.00. The SMILES string of the molecule is CN=C(NCc1ccccn1)NCc1cc2c(s1)CCC(C)(C)C2. The monoisotopic (exact) mass is 342 g/mol. The molecule has 0 atom stereocenters. The second-order valence-electron chi connectivity index (χ2n) is 7.10. The molecule has 24 heavy (non-hydrogen) atoms. The zero-order chi connectivity index (χ0) is 17.0. The van der Waals surface area contributed by atoms with E-state index in [0.717, 1.165) is 18.2 Å². The Balaban J connectivity index is 1.54. The number of nitrogens with zero attached hydrogens (tertiary/aromatic N) is 2. The summed E-state index contributed by atoms with van der Waals surface area (Å²) < 4.78 is 0. The summed E-state index contributed by atoms with van der Waals surface area (Å²) in [5, 5.41) is 6.72. The van der Waals surface area contributed by atoms with Gasteiger partial charge in [-0.15, -0.1) is 11.3 Å². The first kappa shape index (κ1) is 17.0. The topological polar surface area (TPSA) is 49.3 Å². The molecule has 0 bridgehead atoms. The Labute approximate surface area is 148 Å². The van der Waals surface area contributed by atoms with Crippen LogP contribution >= 0.6 is 11.3 Å². The van der Waals surface area contributed by atoms with Crippen molar-refractivity contribution in [3.63, 3.8) is 0 Å². The maximum absolute atomic E-state index is 4.32. The number of aryl methyl sites for hydroxylation is 1. The van der Waals surface area contributed by atoms with Gasteiger partial charge in [0.1, 0.15) is 0 Å². The lowest BCUT2D eigenvalue weighted by atomic mass is 9.77. The van der Waals surface area contributed by atoms with Crippen molar-refractivity contribution >= 4 is 17.3 Å². The highest BCUT2D eigenvalue weighted by atomic mass is 32.1. The van der Waals surface area contributed by atoms with E-state index < -0.39 is 0 Å². The van der Waals surface area contributed by atoms with Gasteiger partial charge in [-0.1, -0.05) is 19.9 Å². The van der Waals surface area contributed by atoms with Crippen molar-refractivity contribution in [1.29, 1.82) is 0 Å². The number of nitrogens with one attached hydrogen (secondary N) is 2. The molecule has 0 saturated heterocycles. The van der Waals surface area contributed by atoms with Crippen LogP contribution in [-0.2, 0) is 25.9 Å². The summed E-state index contributed by atoms with van der Waals surface area (Å²) in [5.74, 6) is 0.812. The molecule has 2 aromatic rings. The van der Waals surface area contributed by atoms with Crippen LogP contribution in [0.2, 0.25) is 0 Å². The number of thiophene rings is 1. The fraction of sp³-hybridized carbons (Fsp3) is 0.474. The first-order valence-electron chi connectivity index (χ1n) is 8.51. The van der Waals surface area contributed by atoms with E-state index in [-0.39, 0.29) is 0 Å². The second kappa shape index (κ2) is 7.34. The average Bonchev–Trinajstić information content (AvgIpc) is 2.96. The van der Waals surface area contributed by atoms with Crippen LogP contribution in [0.5, 0.6) is 0 Å². The van der Waals surface area contributed by atoms with E-state index in [2.05, 4.69) is 40.5 Å². The first-order valence-corrected chi connectivity index (χ1v) is 9.32. The van der Waals surface area contributed by atoms with Gasteiger partial charge in [-0.25, -0.2) is 0 Å². The van der Waals surface area contributed by atoms with Crippen LogP contribution in [0.3, 0.4) is 0 Å². The van der Waals surface area contributed by atoms with Crippen LogP contribution in [0.1, 0.15) is 41.3 Å². The summed E-state index contributed by atoms with van der Waals surface area (Å²) in [4.78, 5) is 11.6. The minimum Gasteiger partial charge on any atom is -0.352 e. The van der Waals surface area contributed by atoms with Gasteiger partial charge in [0.25, 0.3) is 0 Å². The van der Waals surface area contributed by atoms with Crippen molar-refractivity contribution in [2.24, 2.45) is 10.4 Å². The van der Waals surface area contributed by atoms with E-state index in [4.69, 9.17) is 0 Å². The summed E-state index contributed by atoms with van der Waals surface area (Å²) in [6.07, 6.45) is 5.52. The van der Waals surface area contributed by atoms with Crippen LogP contribution in [-0.4, -0.2) is 18.0 Å². The summed E-state index contributed by atoms with van der Waals surface area (Å²) in [7, 11) is 1.80. The third-order valence-corrected chi connectivity index (χ3v) is 5.70. The van der Waals surface area contributed by atoms with Gasteiger partial charge in [-0.3, -0.25) is 9.98 Å². The molecule has 2 N–H and O–H groups in total. The normalized spacial score (nSPS) is 16.5. The summed E-state index contributed by atoms with van der Waals surface area (Å²) >= 11 is 1.95. The van der Waals surface area contributed by atoms with Gasteiger partial charge < -0.3 is 10.6 Å². The molecule has 0 radical (unpaired) electrons. The predicted molar refractivity (Wildman–Crippen MR) is 101 cm³/mol. The molecule has 5 heteroatoms. The number of pyridine rings is 1. The Morgan fingerprint density at radius 2 is 2.12 bits per heavy atom. The molecule has 0 aliphatic heterocycles. The lowest BCUT2D eigenvalue weighted by molar-refractivity contribution is 0.318. The number of hydrogen-bond donors (Lipinski definition) is 2. The van der Waals surface area contributed by atoms with Crippen molar-refractivity contribution in [2.45, 2.75) is 46.2 Å². The largest absolute Gasteiger partial charge is 0.352 e. The van der Waals surface area contributed by atoms with E-state index in [0.29, 0.717) is 12.0 Å². The van der Waals surface area contributed by atoms with E-state index in [9.17, 15) is 0 Å². The smallest absolute Gasteiger partial charge is 0.191 e. The summed E-state index contributed by atoms with van der Waals surface area (Å²) in [6, 6.07) is 8.31. The minimum absolute atomic E-state index is 0.444. The lowest BCUT2D eigenvalue weighted by Gasteiger charge is -2.29. The molecule has 0 amide bonds. The Bertz CT molecular complexity index is 703. The van der Waals surface area contributed by atoms with Crippen LogP contribution in [0.4, 0.5) is 0 Å². The second-order valence-corrected chi connectivity index (χ2v) is 8.32. The highest BCUT2D eigenvalue weighted by Crippen LogP contribution is 2.38. The number of aromatic nitrogens is 1. The van der Waals surface area contributed by atoms with Crippen LogP contribution in [0.15, 0.2) is 35.5 Å². The molecular formula is C19H26N4S. The molecule has 4 nitrogen and oxygen atoms in total. The molecule has 1 aliphatic carbocycles. The van der Waals surface area contributed by atoms with Crippen molar-refractivity contribution < 1.29 is 0 Å². The molecule has 0 spiro atoms. The quantitative estimate of drug-likeness (QED) is 0.660. The van der Waals surface area contributed by atoms with Crippen LogP contribution in [0, 0.1) is 5.41 Å². The maximum Gasteiger partial charge on any atom is 0.191 e. The predicted octanol–water partition coefficient (Wildman–Crippen LogP) is 3.52. The van der Waals surface area contributed by atoms with E-state index in [1.807, 2.05) is 35.7 Å². The molecule has 0 fully saturated rings. The zero-order valence-electron chi connectivity index (χ0n) is 14.7. The average molecular weight is 343 g/mol. The first-order chi connectivity index (χ1) is 11.6. The number of hydrogen-bond acceptors (Lipinski definition) is 3. The van der Waals surface area contributed by atoms with E-state index in [1.165, 1.54) is 24.1 Å². The molecule has 2 aromatic heterocycles. The standard InChI is InChI=1S/C19H26N4S/c1-19(2)8-7-17-14(11-19)10-16(24-17)13-23-18(20-3)22-12-15-6-4-5-9-21-15/h4-6,9-10H,7-8,11-13H2,1-3H3,(H2,20,22,23). The van der Waals surface area contributed by atoms with Crippen LogP contribution in [0.25, 0.3) is 0 Å². The molecule has 0 saturated carbocycles. The summed E-state index contributed by atoms with van der Waals surface area (Å²) in [6.45, 7) is 6.24. The van der Waals surface area contributed by atoms with E-state index in [1.54, 1.807) is 17.5 Å². The van der Waals surface area contributed by atoms with Gasteiger partial charge in [0.2, 0.25) is 0 Å². The molecule has 128 valence electrons. The Kier molecular flexibility index (Phi) is 5.19. The zero-order valence-corrected chi connectivity index (χ0v) is 15.5. The molecule has 0 unspecified atom stereocenters. The molecule has 1 aliphatic rings. The van der Waals surface area contributed by atoms with Crippen molar-refractivity contribution in [3.05, 3.63) is 51.5 Å². The van der Waals surface area contributed by atoms with Gasteiger partial charge in [0.15, 0.2) is 5.96 Å². The van der Waals surface area contributed by atoms with Gasteiger partial charge in [0, 0.05) is 23.0 Å². The van der Waals surface area contributed by atoms with Crippen molar-refractivity contribution in [1.82, 2.24) is 15.6 Å². The lowest BCUT2D eigenvalue weighted by Crippen LogP contribution is -2.36. The highest BCUT2D eigenvalue weighted by molar-refractivity contribution is 7.12. The van der Waals surface area contributed by atoms with Gasteiger partial charge in [0.05, 0.1) is 18.8 Å². The van der Waals surface area contributed by atoms with Crippen molar-refractivity contribution in [2.75, 3.05) is 7.05 Å². The molecular weight excluding hydrogens is 316 g/mol. The molecule has 3 rings (SSSR count). The number of rotatable bonds is 4. The van der Waals surface area contributed by atoms with Crippen LogP contribution < -0.4 is 10.6 Å². The Morgan fingerprint density at radius 1 is 1.29 bits per heavy atom. The number of guanidine groups is 1. The fourth-order valence-electron chi connectivity index (χ4n) is 3.10. The van der Waals surface area contributed by atoms with Gasteiger partial charge >= 0.3 is 0 Å². The van der Waals surface area contributed by atoms with E-state index >= 15 is 0 Å².